The van der Waals surface area contributed by atoms with Gasteiger partial charge < -0.3 is 4.74 Å². The Morgan fingerprint density at radius 3 is 2.33 bits per heavy atom. The van der Waals surface area contributed by atoms with E-state index in [9.17, 15) is 0 Å². The topological polar surface area (TPSA) is 12.2 Å². The number of fused-ring (bicyclic) bond motifs is 2. The maximum atomic E-state index is 5.56. The predicted molar refractivity (Wildman–Crippen MR) is 127 cm³/mol. The van der Waals surface area contributed by atoms with Crippen molar-refractivity contribution in [1.29, 1.82) is 0 Å². The molecule has 30 heavy (non-hydrogen) atoms. The van der Waals surface area contributed by atoms with Gasteiger partial charge in [-0.3, -0.25) is 0 Å². The van der Waals surface area contributed by atoms with Crippen LogP contribution in [0.1, 0.15) is 76.1 Å². The fraction of sp³-hybridized carbons (Fsp3) is 0.464. The van der Waals surface area contributed by atoms with Gasteiger partial charge in [0, 0.05) is 29.0 Å². The van der Waals surface area contributed by atoms with E-state index >= 15 is 0 Å². The van der Waals surface area contributed by atoms with Crippen LogP contribution in [0.25, 0.3) is 0 Å². The first kappa shape index (κ1) is 20.9. The SMILES string of the molecule is CCC1/C(=C\C2=[N+](CC)c3ccc(C)cc3C2(C)C)C(C)(C)c2cc(OC)ccc21. The van der Waals surface area contributed by atoms with E-state index in [1.807, 2.05) is 0 Å². The first-order chi connectivity index (χ1) is 14.2. The van der Waals surface area contributed by atoms with Crippen LogP contribution in [-0.4, -0.2) is 23.9 Å². The number of nitrogens with zero attached hydrogens (tertiary/aromatic N) is 1. The van der Waals surface area contributed by atoms with E-state index in [1.165, 1.54) is 39.2 Å². The van der Waals surface area contributed by atoms with Crippen LogP contribution in [0.3, 0.4) is 0 Å². The molecule has 0 saturated carbocycles. The van der Waals surface area contributed by atoms with Crippen LogP contribution in [0.15, 0.2) is 48.0 Å². The van der Waals surface area contributed by atoms with Gasteiger partial charge in [-0.15, -0.1) is 0 Å². The van der Waals surface area contributed by atoms with Crippen molar-refractivity contribution in [3.63, 3.8) is 0 Å². The van der Waals surface area contributed by atoms with E-state index in [2.05, 4.69) is 95.5 Å². The maximum absolute atomic E-state index is 5.56. The molecule has 1 aliphatic heterocycles. The predicted octanol–water partition coefficient (Wildman–Crippen LogP) is 6.81. The number of benzene rings is 2. The van der Waals surface area contributed by atoms with Crippen LogP contribution >= 0.6 is 0 Å². The molecule has 0 aromatic heterocycles. The zero-order valence-corrected chi connectivity index (χ0v) is 19.9. The summed E-state index contributed by atoms with van der Waals surface area (Å²) in [6, 6.07) is 13.6. The summed E-state index contributed by atoms with van der Waals surface area (Å²) in [6.07, 6.45) is 3.65. The second-order valence-corrected chi connectivity index (χ2v) is 9.91. The zero-order valence-electron chi connectivity index (χ0n) is 19.9. The minimum Gasteiger partial charge on any atom is -0.497 e. The second kappa shape index (κ2) is 7.11. The van der Waals surface area contributed by atoms with E-state index in [0.29, 0.717) is 5.92 Å². The third-order valence-electron chi connectivity index (χ3n) is 7.47. The molecule has 1 atom stereocenters. The smallest absolute Gasteiger partial charge is 0.209 e. The monoisotopic (exact) mass is 402 g/mol. The quantitative estimate of drug-likeness (QED) is 0.512. The van der Waals surface area contributed by atoms with Gasteiger partial charge in [0.1, 0.15) is 12.3 Å². The summed E-state index contributed by atoms with van der Waals surface area (Å²) in [5, 5.41) is 0. The highest BCUT2D eigenvalue weighted by molar-refractivity contribution is 6.04. The highest BCUT2D eigenvalue weighted by atomic mass is 16.5. The van der Waals surface area contributed by atoms with E-state index in [-0.39, 0.29) is 10.8 Å². The molecule has 0 spiro atoms. The molecule has 0 bridgehead atoms. The van der Waals surface area contributed by atoms with Crippen molar-refractivity contribution in [3.8, 4) is 5.75 Å². The minimum absolute atomic E-state index is 0.00873. The highest BCUT2D eigenvalue weighted by Gasteiger charge is 2.47. The maximum Gasteiger partial charge on any atom is 0.209 e. The van der Waals surface area contributed by atoms with Gasteiger partial charge in [-0.1, -0.05) is 38.5 Å². The van der Waals surface area contributed by atoms with Crippen LogP contribution in [-0.2, 0) is 10.8 Å². The number of hydrogen-bond donors (Lipinski definition) is 0. The van der Waals surface area contributed by atoms with Crippen LogP contribution in [0.4, 0.5) is 5.69 Å². The first-order valence-corrected chi connectivity index (χ1v) is 11.3. The molecule has 2 aliphatic rings. The molecule has 158 valence electrons. The molecular weight excluding hydrogens is 366 g/mol. The summed E-state index contributed by atoms with van der Waals surface area (Å²) in [6.45, 7) is 17.3. The Morgan fingerprint density at radius 2 is 1.70 bits per heavy atom. The van der Waals surface area contributed by atoms with E-state index < -0.39 is 0 Å². The summed E-state index contributed by atoms with van der Waals surface area (Å²) in [5.41, 5.74) is 9.94. The van der Waals surface area contributed by atoms with Crippen molar-refractivity contribution in [3.05, 3.63) is 70.3 Å². The van der Waals surface area contributed by atoms with E-state index in [4.69, 9.17) is 4.74 Å². The standard InChI is InChI=1S/C28H36NO/c1-9-20-21-13-12-19(30-8)16-22(21)27(4,5)23(20)17-26-28(6,7)24-15-18(3)11-14-25(24)29(26)10-2/h11-17,20H,9-10H2,1-8H3/q+1/b23-17+. The van der Waals surface area contributed by atoms with E-state index in [0.717, 1.165) is 18.7 Å². The Balaban J connectivity index is 1.92. The summed E-state index contributed by atoms with van der Waals surface area (Å²) in [7, 11) is 1.76. The molecule has 0 fully saturated rings. The van der Waals surface area contributed by atoms with Crippen molar-refractivity contribution in [2.45, 2.75) is 71.6 Å². The van der Waals surface area contributed by atoms with Gasteiger partial charge >= 0.3 is 0 Å². The molecular formula is C28H36NO+. The van der Waals surface area contributed by atoms with E-state index in [1.54, 1.807) is 7.11 Å². The van der Waals surface area contributed by atoms with Crippen molar-refractivity contribution in [2.75, 3.05) is 13.7 Å². The molecule has 0 N–H and O–H groups in total. The van der Waals surface area contributed by atoms with Crippen molar-refractivity contribution < 1.29 is 9.31 Å². The fourth-order valence-electron chi connectivity index (χ4n) is 5.72. The lowest BCUT2D eigenvalue weighted by atomic mass is 9.76. The van der Waals surface area contributed by atoms with Crippen LogP contribution in [0.2, 0.25) is 0 Å². The number of methoxy groups -OCH3 is 1. The summed E-state index contributed by atoms with van der Waals surface area (Å²) < 4.78 is 8.08. The molecule has 1 heterocycles. The van der Waals surface area contributed by atoms with Crippen LogP contribution < -0.4 is 4.74 Å². The molecule has 1 aliphatic carbocycles. The molecule has 0 saturated heterocycles. The molecule has 2 heteroatoms. The van der Waals surface area contributed by atoms with Crippen LogP contribution in [0, 0.1) is 6.92 Å². The number of ether oxygens (including phenoxy) is 1. The molecule has 0 amide bonds. The Hall–Kier alpha value is -2.35. The first-order valence-electron chi connectivity index (χ1n) is 11.3. The third kappa shape index (κ3) is 2.87. The average molecular weight is 403 g/mol. The third-order valence-corrected chi connectivity index (χ3v) is 7.47. The minimum atomic E-state index is -0.0161. The molecule has 1 unspecified atom stereocenters. The van der Waals surface area contributed by atoms with Gasteiger partial charge in [-0.05, 0) is 69.0 Å². The van der Waals surface area contributed by atoms with Gasteiger partial charge in [-0.25, -0.2) is 0 Å². The Labute approximate surface area is 182 Å². The average Bonchev–Trinajstić information content (AvgIpc) is 3.06. The normalized spacial score (nSPS) is 22.4. The Bertz CT molecular complexity index is 1070. The van der Waals surface area contributed by atoms with Gasteiger partial charge in [0.15, 0.2) is 5.71 Å². The number of allylic oxidation sites excluding steroid dienone is 2. The lowest BCUT2D eigenvalue weighted by Gasteiger charge is -2.25. The number of hydrogen-bond acceptors (Lipinski definition) is 1. The number of rotatable bonds is 4. The largest absolute Gasteiger partial charge is 0.497 e. The summed E-state index contributed by atoms with van der Waals surface area (Å²) >= 11 is 0. The van der Waals surface area contributed by atoms with Crippen molar-refractivity contribution in [2.24, 2.45) is 0 Å². The molecule has 2 nitrogen and oxygen atoms in total. The molecule has 2 aromatic carbocycles. The lowest BCUT2D eigenvalue weighted by Crippen LogP contribution is -2.30. The van der Waals surface area contributed by atoms with Gasteiger partial charge in [-0.2, -0.15) is 4.58 Å². The summed E-state index contributed by atoms with van der Waals surface area (Å²) in [5.74, 6) is 1.40. The second-order valence-electron chi connectivity index (χ2n) is 9.91. The van der Waals surface area contributed by atoms with Gasteiger partial charge in [0.25, 0.3) is 0 Å². The van der Waals surface area contributed by atoms with Crippen molar-refractivity contribution >= 4 is 11.4 Å². The van der Waals surface area contributed by atoms with Gasteiger partial charge in [0.2, 0.25) is 5.69 Å². The lowest BCUT2D eigenvalue weighted by molar-refractivity contribution is -0.433. The molecule has 2 aromatic rings. The highest BCUT2D eigenvalue weighted by Crippen LogP contribution is 2.53. The summed E-state index contributed by atoms with van der Waals surface area (Å²) in [4.78, 5) is 0. The fourth-order valence-corrected chi connectivity index (χ4v) is 5.72. The van der Waals surface area contributed by atoms with Crippen LogP contribution in [0.5, 0.6) is 5.75 Å². The molecule has 4 rings (SSSR count). The number of aryl methyl sites for hydroxylation is 1. The Kier molecular flexibility index (Phi) is 4.96. The van der Waals surface area contributed by atoms with Crippen molar-refractivity contribution in [1.82, 2.24) is 0 Å². The Morgan fingerprint density at radius 1 is 0.967 bits per heavy atom. The zero-order chi connectivity index (χ0) is 21.8. The molecule has 0 radical (unpaired) electrons. The van der Waals surface area contributed by atoms with Gasteiger partial charge in [0.05, 0.1) is 12.5 Å².